The van der Waals surface area contributed by atoms with E-state index >= 15 is 0 Å². The number of nitrogens with two attached hydrogens (primary N) is 1. The van der Waals surface area contributed by atoms with Crippen molar-refractivity contribution in [2.24, 2.45) is 5.11 Å². The van der Waals surface area contributed by atoms with Crippen LogP contribution in [0.2, 0.25) is 0 Å². The molecule has 8 nitrogen and oxygen atoms in total. The standard InChI is InChI=1S/C10H12N4O4/c11-7-3-5(1-2-6(7)10(17)18)9(16)8(15)4-13-14-12/h1-3,8-9,15-16H,4,11H2,(H,17,18). The molecule has 0 fully saturated rings. The summed E-state index contributed by atoms with van der Waals surface area (Å²) >= 11 is 0. The van der Waals surface area contributed by atoms with Crippen LogP contribution in [0.25, 0.3) is 10.4 Å². The Labute approximate surface area is 102 Å². The first kappa shape index (κ1) is 13.8. The predicted molar refractivity (Wildman–Crippen MR) is 62.8 cm³/mol. The Morgan fingerprint density at radius 2 is 2.17 bits per heavy atom. The summed E-state index contributed by atoms with van der Waals surface area (Å²) in [5.41, 5.74) is 13.7. The summed E-state index contributed by atoms with van der Waals surface area (Å²) in [5.74, 6) is -1.18. The lowest BCUT2D eigenvalue weighted by molar-refractivity contribution is 0.0244. The maximum Gasteiger partial charge on any atom is 0.337 e. The van der Waals surface area contributed by atoms with Gasteiger partial charge in [0.25, 0.3) is 0 Å². The van der Waals surface area contributed by atoms with Crippen LogP contribution in [-0.2, 0) is 0 Å². The van der Waals surface area contributed by atoms with Crippen LogP contribution in [0.3, 0.4) is 0 Å². The van der Waals surface area contributed by atoms with Gasteiger partial charge in [0.1, 0.15) is 6.10 Å². The van der Waals surface area contributed by atoms with E-state index in [9.17, 15) is 15.0 Å². The smallest absolute Gasteiger partial charge is 0.337 e. The maximum absolute atomic E-state index is 10.7. The lowest BCUT2D eigenvalue weighted by Crippen LogP contribution is -2.21. The molecule has 0 amide bonds. The number of carboxylic acid groups (broad SMARTS) is 1. The Balaban J connectivity index is 2.93. The number of rotatable bonds is 5. The van der Waals surface area contributed by atoms with Crippen molar-refractivity contribution in [3.8, 4) is 0 Å². The summed E-state index contributed by atoms with van der Waals surface area (Å²) in [5, 5.41) is 31.1. The van der Waals surface area contributed by atoms with E-state index in [1.54, 1.807) is 0 Å². The van der Waals surface area contributed by atoms with Gasteiger partial charge in [0, 0.05) is 10.6 Å². The molecule has 18 heavy (non-hydrogen) atoms. The van der Waals surface area contributed by atoms with Crippen LogP contribution in [0.4, 0.5) is 5.69 Å². The number of hydrogen-bond acceptors (Lipinski definition) is 5. The highest BCUT2D eigenvalue weighted by atomic mass is 16.4. The molecule has 0 saturated heterocycles. The quantitative estimate of drug-likeness (QED) is 0.262. The molecule has 0 heterocycles. The molecule has 2 unspecified atom stereocenters. The highest BCUT2D eigenvalue weighted by Gasteiger charge is 2.19. The average Bonchev–Trinajstić information content (AvgIpc) is 2.34. The summed E-state index contributed by atoms with van der Waals surface area (Å²) in [4.78, 5) is 13.2. The second-order valence-corrected chi connectivity index (χ2v) is 3.58. The van der Waals surface area contributed by atoms with E-state index in [-0.39, 0.29) is 23.4 Å². The van der Waals surface area contributed by atoms with Crippen LogP contribution >= 0.6 is 0 Å². The molecule has 1 aromatic rings. The number of carboxylic acids is 1. The van der Waals surface area contributed by atoms with Crippen molar-refractivity contribution in [1.82, 2.24) is 0 Å². The van der Waals surface area contributed by atoms with Crippen molar-refractivity contribution in [2.45, 2.75) is 12.2 Å². The lowest BCUT2D eigenvalue weighted by atomic mass is 10.0. The highest BCUT2D eigenvalue weighted by Crippen LogP contribution is 2.22. The van der Waals surface area contributed by atoms with Gasteiger partial charge in [0.2, 0.25) is 0 Å². The van der Waals surface area contributed by atoms with Crippen molar-refractivity contribution in [1.29, 1.82) is 0 Å². The first-order valence-electron chi connectivity index (χ1n) is 4.97. The summed E-state index contributed by atoms with van der Waals surface area (Å²) in [6.07, 6.45) is -2.59. The number of anilines is 1. The molecule has 8 heteroatoms. The number of nitrogen functional groups attached to an aromatic ring is 1. The van der Waals surface area contributed by atoms with Gasteiger partial charge in [-0.25, -0.2) is 4.79 Å². The Hall–Kier alpha value is -2.28. The van der Waals surface area contributed by atoms with Gasteiger partial charge in [-0.1, -0.05) is 11.2 Å². The number of aliphatic hydroxyl groups is 2. The fourth-order valence-electron chi connectivity index (χ4n) is 1.40. The van der Waals surface area contributed by atoms with Crippen molar-refractivity contribution in [3.05, 3.63) is 39.8 Å². The van der Waals surface area contributed by atoms with Crippen molar-refractivity contribution in [2.75, 3.05) is 12.3 Å². The molecule has 0 saturated carbocycles. The number of aromatic carboxylic acids is 1. The van der Waals surface area contributed by atoms with Crippen LogP contribution in [0.1, 0.15) is 22.0 Å². The van der Waals surface area contributed by atoms with Gasteiger partial charge in [0.15, 0.2) is 0 Å². The van der Waals surface area contributed by atoms with E-state index in [0.717, 1.165) is 0 Å². The molecule has 0 spiro atoms. The molecule has 5 N–H and O–H groups in total. The molecule has 0 aliphatic carbocycles. The van der Waals surface area contributed by atoms with E-state index in [0.29, 0.717) is 0 Å². The molecular formula is C10H12N4O4. The second-order valence-electron chi connectivity index (χ2n) is 3.58. The normalized spacial score (nSPS) is 13.4. The molecule has 0 radical (unpaired) electrons. The second kappa shape index (κ2) is 5.87. The lowest BCUT2D eigenvalue weighted by Gasteiger charge is -2.17. The van der Waals surface area contributed by atoms with Gasteiger partial charge in [-0.2, -0.15) is 0 Å². The van der Waals surface area contributed by atoms with Gasteiger partial charge < -0.3 is 21.1 Å². The van der Waals surface area contributed by atoms with E-state index in [1.165, 1.54) is 18.2 Å². The van der Waals surface area contributed by atoms with E-state index in [2.05, 4.69) is 10.0 Å². The molecule has 2 atom stereocenters. The van der Waals surface area contributed by atoms with Crippen molar-refractivity contribution < 1.29 is 20.1 Å². The molecule has 0 aromatic heterocycles. The Morgan fingerprint density at radius 1 is 1.50 bits per heavy atom. The van der Waals surface area contributed by atoms with Crippen LogP contribution in [0, 0.1) is 0 Å². The van der Waals surface area contributed by atoms with Crippen molar-refractivity contribution in [3.63, 3.8) is 0 Å². The molecule has 1 rings (SSSR count). The molecule has 0 aliphatic rings. The fraction of sp³-hybridized carbons (Fsp3) is 0.300. The van der Waals surface area contributed by atoms with E-state index in [4.69, 9.17) is 16.4 Å². The topological polar surface area (TPSA) is 153 Å². The number of nitrogens with zero attached hydrogens (tertiary/aromatic N) is 3. The predicted octanol–water partition coefficient (Wildman–Crippen LogP) is 0.672. The van der Waals surface area contributed by atoms with E-state index < -0.39 is 18.2 Å². The minimum atomic E-state index is -1.30. The van der Waals surface area contributed by atoms with Gasteiger partial charge in [-0.3, -0.25) is 0 Å². The number of benzene rings is 1. The molecule has 0 bridgehead atoms. The number of azide groups is 1. The Morgan fingerprint density at radius 3 is 2.67 bits per heavy atom. The fourth-order valence-corrected chi connectivity index (χ4v) is 1.40. The summed E-state index contributed by atoms with van der Waals surface area (Å²) in [6, 6.07) is 3.83. The molecule has 96 valence electrons. The van der Waals surface area contributed by atoms with Crippen LogP contribution in [0.15, 0.2) is 23.3 Å². The first-order chi connectivity index (χ1) is 8.47. The minimum Gasteiger partial charge on any atom is -0.478 e. The zero-order chi connectivity index (χ0) is 13.7. The first-order valence-corrected chi connectivity index (χ1v) is 4.97. The van der Waals surface area contributed by atoms with Crippen LogP contribution in [0.5, 0.6) is 0 Å². The van der Waals surface area contributed by atoms with Gasteiger partial charge in [0.05, 0.1) is 18.2 Å². The zero-order valence-electron chi connectivity index (χ0n) is 9.26. The summed E-state index contributed by atoms with van der Waals surface area (Å²) < 4.78 is 0. The molecule has 1 aromatic carbocycles. The van der Waals surface area contributed by atoms with Crippen LogP contribution in [-0.4, -0.2) is 33.9 Å². The molecular weight excluding hydrogens is 240 g/mol. The average molecular weight is 252 g/mol. The SMILES string of the molecule is [N-]=[N+]=NCC(O)C(O)c1ccc(C(=O)O)c(N)c1. The number of aliphatic hydroxyl groups excluding tert-OH is 2. The third-order valence-electron chi connectivity index (χ3n) is 2.34. The van der Waals surface area contributed by atoms with Gasteiger partial charge in [-0.05, 0) is 23.2 Å². The highest BCUT2D eigenvalue weighted by molar-refractivity contribution is 5.93. The summed E-state index contributed by atoms with van der Waals surface area (Å²) in [6.45, 7) is -0.293. The van der Waals surface area contributed by atoms with Gasteiger partial charge in [-0.15, -0.1) is 0 Å². The minimum absolute atomic E-state index is 0.0185. The van der Waals surface area contributed by atoms with Gasteiger partial charge >= 0.3 is 5.97 Å². The third kappa shape index (κ3) is 3.11. The van der Waals surface area contributed by atoms with Crippen molar-refractivity contribution >= 4 is 11.7 Å². The summed E-state index contributed by atoms with van der Waals surface area (Å²) in [7, 11) is 0. The monoisotopic (exact) mass is 252 g/mol. The largest absolute Gasteiger partial charge is 0.478 e. The Bertz CT molecular complexity index is 499. The Kier molecular flexibility index (Phi) is 4.50. The van der Waals surface area contributed by atoms with Crippen LogP contribution < -0.4 is 5.73 Å². The number of hydrogen-bond donors (Lipinski definition) is 4. The number of carbonyl (C=O) groups is 1. The third-order valence-corrected chi connectivity index (χ3v) is 2.34. The zero-order valence-corrected chi connectivity index (χ0v) is 9.26. The molecule has 0 aliphatic heterocycles. The maximum atomic E-state index is 10.7. The van der Waals surface area contributed by atoms with E-state index in [1.807, 2.05) is 0 Å².